The molecule has 0 atom stereocenters. The summed E-state index contributed by atoms with van der Waals surface area (Å²) >= 11 is 0. The van der Waals surface area contributed by atoms with E-state index in [1.807, 2.05) is 6.07 Å². The number of fused-ring (bicyclic) bond motifs is 1. The summed E-state index contributed by atoms with van der Waals surface area (Å²) in [5.41, 5.74) is 10.6. The number of aromatic amines is 1. The van der Waals surface area contributed by atoms with E-state index < -0.39 is 5.84 Å². The predicted octanol–water partition coefficient (Wildman–Crippen LogP) is 2.16. The fraction of sp³-hybridized carbons (Fsp3) is 0. The van der Waals surface area contributed by atoms with Gasteiger partial charge in [0, 0.05) is 5.56 Å². The minimum absolute atomic E-state index is 0.165. The number of hydrogen-bond acceptors (Lipinski definition) is 6. The van der Waals surface area contributed by atoms with Gasteiger partial charge in [0.15, 0.2) is 5.84 Å². The SMILES string of the molecule is N#C/C(=N\Nc1ccc2nc(-c3cccc(O)c3)[nH]c2c1)C(=N)N. The molecule has 3 aromatic rings. The smallest absolute Gasteiger partial charge is 0.201 e. The van der Waals surface area contributed by atoms with Gasteiger partial charge in [0.05, 0.1) is 16.7 Å². The molecule has 3 rings (SSSR count). The lowest BCUT2D eigenvalue weighted by Crippen LogP contribution is -2.21. The maximum absolute atomic E-state index is 9.56. The molecule has 0 aliphatic carbocycles. The van der Waals surface area contributed by atoms with Gasteiger partial charge < -0.3 is 15.8 Å². The number of nitrogens with zero attached hydrogens (tertiary/aromatic N) is 3. The lowest BCUT2D eigenvalue weighted by molar-refractivity contribution is 0.475. The van der Waals surface area contributed by atoms with Crippen LogP contribution in [0.3, 0.4) is 0 Å². The van der Waals surface area contributed by atoms with Crippen molar-refractivity contribution in [2.45, 2.75) is 0 Å². The molecule has 0 fully saturated rings. The molecule has 118 valence electrons. The second-order valence-electron chi connectivity index (χ2n) is 4.97. The largest absolute Gasteiger partial charge is 0.508 e. The van der Waals surface area contributed by atoms with E-state index in [2.05, 4.69) is 20.5 Å². The van der Waals surface area contributed by atoms with E-state index in [4.69, 9.17) is 16.4 Å². The van der Waals surface area contributed by atoms with Crippen LogP contribution in [0.4, 0.5) is 5.69 Å². The third kappa shape index (κ3) is 3.00. The van der Waals surface area contributed by atoms with Crippen LogP contribution in [0.2, 0.25) is 0 Å². The van der Waals surface area contributed by atoms with Crippen molar-refractivity contribution in [2.75, 3.05) is 5.43 Å². The standard InChI is InChI=1S/C16H13N7O/c17-8-14(15(18)19)23-22-10-4-5-12-13(7-10)21-16(20-12)9-2-1-3-11(24)6-9/h1-7,22,24H,(H3,18,19)(H,20,21)/b23-14+. The summed E-state index contributed by atoms with van der Waals surface area (Å²) in [5, 5.41) is 29.4. The highest BCUT2D eigenvalue weighted by Crippen LogP contribution is 2.25. The Morgan fingerprint density at radius 3 is 2.88 bits per heavy atom. The zero-order valence-corrected chi connectivity index (χ0v) is 12.4. The molecule has 1 heterocycles. The Balaban J connectivity index is 1.92. The fourth-order valence-electron chi connectivity index (χ4n) is 2.13. The number of rotatable bonds is 4. The predicted molar refractivity (Wildman–Crippen MR) is 91.8 cm³/mol. The van der Waals surface area contributed by atoms with Crippen molar-refractivity contribution in [3.05, 3.63) is 42.5 Å². The number of phenolic OH excluding ortho intramolecular Hbond substituents is 1. The molecule has 0 radical (unpaired) electrons. The van der Waals surface area contributed by atoms with Gasteiger partial charge in [-0.15, -0.1) is 0 Å². The first-order chi connectivity index (χ1) is 11.6. The van der Waals surface area contributed by atoms with Gasteiger partial charge in [0.1, 0.15) is 17.6 Å². The fourth-order valence-corrected chi connectivity index (χ4v) is 2.13. The summed E-state index contributed by atoms with van der Waals surface area (Å²) in [4.78, 5) is 7.63. The minimum atomic E-state index is -0.404. The Labute approximate surface area is 136 Å². The first-order valence-corrected chi connectivity index (χ1v) is 6.94. The highest BCUT2D eigenvalue weighted by atomic mass is 16.3. The zero-order valence-electron chi connectivity index (χ0n) is 12.4. The molecular weight excluding hydrogens is 306 g/mol. The molecule has 8 nitrogen and oxygen atoms in total. The van der Waals surface area contributed by atoms with E-state index in [-0.39, 0.29) is 11.5 Å². The molecule has 0 saturated carbocycles. The van der Waals surface area contributed by atoms with Gasteiger partial charge in [-0.25, -0.2) is 4.98 Å². The number of aromatic hydroxyl groups is 1. The quantitative estimate of drug-likeness (QED) is 0.284. The first-order valence-electron chi connectivity index (χ1n) is 6.94. The number of anilines is 1. The molecule has 8 heteroatoms. The summed E-state index contributed by atoms with van der Waals surface area (Å²) in [7, 11) is 0. The zero-order chi connectivity index (χ0) is 17.1. The molecule has 0 aliphatic heterocycles. The van der Waals surface area contributed by atoms with Gasteiger partial charge >= 0.3 is 0 Å². The second kappa shape index (κ2) is 6.10. The average molecular weight is 319 g/mol. The Hall–Kier alpha value is -3.86. The Bertz CT molecular complexity index is 997. The van der Waals surface area contributed by atoms with E-state index >= 15 is 0 Å². The van der Waals surface area contributed by atoms with Crippen LogP contribution in [0.15, 0.2) is 47.6 Å². The highest BCUT2D eigenvalue weighted by Gasteiger charge is 2.07. The Morgan fingerprint density at radius 2 is 2.17 bits per heavy atom. The highest BCUT2D eigenvalue weighted by molar-refractivity contribution is 6.45. The molecule has 0 spiro atoms. The molecule has 0 saturated heterocycles. The van der Waals surface area contributed by atoms with Gasteiger partial charge in [0.2, 0.25) is 5.71 Å². The lowest BCUT2D eigenvalue weighted by Gasteiger charge is -2.00. The summed E-state index contributed by atoms with van der Waals surface area (Å²) in [5.74, 6) is 0.389. The van der Waals surface area contributed by atoms with Crippen LogP contribution in [0.5, 0.6) is 5.75 Å². The number of nitriles is 1. The van der Waals surface area contributed by atoms with E-state index in [1.54, 1.807) is 42.5 Å². The Kier molecular flexibility index (Phi) is 3.82. The number of amidine groups is 1. The molecule has 1 aromatic heterocycles. The average Bonchev–Trinajstić information content (AvgIpc) is 2.98. The van der Waals surface area contributed by atoms with Crippen molar-refractivity contribution in [1.29, 1.82) is 10.7 Å². The van der Waals surface area contributed by atoms with Crippen molar-refractivity contribution in [2.24, 2.45) is 10.8 Å². The van der Waals surface area contributed by atoms with Crippen molar-refractivity contribution in [3.63, 3.8) is 0 Å². The van der Waals surface area contributed by atoms with Crippen molar-refractivity contribution >= 4 is 28.3 Å². The number of aromatic nitrogens is 2. The van der Waals surface area contributed by atoms with Gasteiger partial charge in [-0.05, 0) is 30.3 Å². The van der Waals surface area contributed by atoms with Crippen LogP contribution in [0.25, 0.3) is 22.4 Å². The Morgan fingerprint density at radius 1 is 1.33 bits per heavy atom. The molecular formula is C16H13N7O. The van der Waals surface area contributed by atoms with Crippen LogP contribution in [0.1, 0.15) is 0 Å². The molecule has 0 bridgehead atoms. The van der Waals surface area contributed by atoms with Crippen molar-refractivity contribution in [3.8, 4) is 23.2 Å². The minimum Gasteiger partial charge on any atom is -0.508 e. The summed E-state index contributed by atoms with van der Waals surface area (Å²) < 4.78 is 0. The molecule has 6 N–H and O–H groups in total. The van der Waals surface area contributed by atoms with Gasteiger partial charge in [-0.1, -0.05) is 12.1 Å². The van der Waals surface area contributed by atoms with Crippen molar-refractivity contribution < 1.29 is 5.11 Å². The lowest BCUT2D eigenvalue weighted by atomic mass is 10.2. The number of nitrogens with one attached hydrogen (secondary N) is 3. The number of nitrogens with two attached hydrogens (primary N) is 1. The molecule has 24 heavy (non-hydrogen) atoms. The third-order valence-corrected chi connectivity index (χ3v) is 3.26. The number of H-pyrrole nitrogens is 1. The van der Waals surface area contributed by atoms with E-state index in [0.717, 1.165) is 16.6 Å². The number of benzene rings is 2. The van der Waals surface area contributed by atoms with Crippen LogP contribution in [-0.4, -0.2) is 26.6 Å². The topological polar surface area (TPSA) is 147 Å². The summed E-state index contributed by atoms with van der Waals surface area (Å²) in [6, 6.07) is 13.8. The van der Waals surface area contributed by atoms with Crippen LogP contribution in [-0.2, 0) is 0 Å². The molecule has 0 unspecified atom stereocenters. The van der Waals surface area contributed by atoms with E-state index in [9.17, 15) is 5.11 Å². The normalized spacial score (nSPS) is 11.2. The number of imidazole rings is 1. The monoisotopic (exact) mass is 319 g/mol. The maximum Gasteiger partial charge on any atom is 0.201 e. The number of hydrogen-bond donors (Lipinski definition) is 5. The van der Waals surface area contributed by atoms with E-state index in [1.165, 1.54) is 0 Å². The molecule has 0 aliphatic rings. The number of phenols is 1. The molecule has 0 amide bonds. The van der Waals surface area contributed by atoms with Crippen molar-refractivity contribution in [1.82, 2.24) is 9.97 Å². The summed E-state index contributed by atoms with van der Waals surface area (Å²) in [6.07, 6.45) is 0. The summed E-state index contributed by atoms with van der Waals surface area (Å²) in [6.45, 7) is 0. The second-order valence-corrected chi connectivity index (χ2v) is 4.97. The van der Waals surface area contributed by atoms with E-state index in [0.29, 0.717) is 11.5 Å². The van der Waals surface area contributed by atoms with Crippen LogP contribution < -0.4 is 11.2 Å². The van der Waals surface area contributed by atoms with Gasteiger partial charge in [-0.3, -0.25) is 10.8 Å². The van der Waals surface area contributed by atoms with Gasteiger partial charge in [-0.2, -0.15) is 10.4 Å². The van der Waals surface area contributed by atoms with Crippen LogP contribution in [0, 0.1) is 16.7 Å². The third-order valence-electron chi connectivity index (χ3n) is 3.26. The van der Waals surface area contributed by atoms with Gasteiger partial charge in [0.25, 0.3) is 0 Å². The number of hydrazone groups is 1. The molecule has 2 aromatic carbocycles. The first kappa shape index (κ1) is 15.1. The maximum atomic E-state index is 9.56. The van der Waals surface area contributed by atoms with Crippen LogP contribution >= 0.6 is 0 Å².